The third kappa shape index (κ3) is 4.83. The summed E-state index contributed by atoms with van der Waals surface area (Å²) in [4.78, 5) is 24.9. The number of nitrogens with zero attached hydrogens (tertiary/aromatic N) is 3. The van der Waals surface area contributed by atoms with Crippen molar-refractivity contribution in [2.24, 2.45) is 0 Å². The van der Waals surface area contributed by atoms with Gasteiger partial charge in [-0.2, -0.15) is 5.10 Å². The van der Waals surface area contributed by atoms with E-state index in [-0.39, 0.29) is 18.1 Å². The van der Waals surface area contributed by atoms with Crippen molar-refractivity contribution in [3.8, 4) is 0 Å². The summed E-state index contributed by atoms with van der Waals surface area (Å²) in [6.45, 7) is 4.54. The van der Waals surface area contributed by atoms with Crippen LogP contribution in [-0.4, -0.2) is 71.1 Å². The Balaban J connectivity index is 1.71. The van der Waals surface area contributed by atoms with E-state index in [2.05, 4.69) is 15.3 Å². The third-order valence-corrected chi connectivity index (χ3v) is 3.27. The topological polar surface area (TPSA) is 96.7 Å². The van der Waals surface area contributed by atoms with Gasteiger partial charge in [-0.1, -0.05) is 0 Å². The molecule has 116 valence electrons. The Kier molecular flexibility index (Phi) is 5.70. The van der Waals surface area contributed by atoms with Gasteiger partial charge in [0.25, 0.3) is 5.91 Å². The molecule has 0 bridgehead atoms. The molecule has 0 saturated carbocycles. The predicted octanol–water partition coefficient (Wildman–Crippen LogP) is -0.580. The smallest absolute Gasteiger partial charge is 0.325 e. The fourth-order valence-electron chi connectivity index (χ4n) is 2.20. The van der Waals surface area contributed by atoms with Gasteiger partial charge < -0.3 is 15.2 Å². The average molecular weight is 296 g/mol. The predicted molar refractivity (Wildman–Crippen MR) is 74.1 cm³/mol. The van der Waals surface area contributed by atoms with Gasteiger partial charge in [-0.15, -0.1) is 0 Å². The molecule has 21 heavy (non-hydrogen) atoms. The number of aromatic nitrogens is 2. The molecule has 0 atom stereocenters. The van der Waals surface area contributed by atoms with Crippen molar-refractivity contribution in [2.75, 3.05) is 39.4 Å². The van der Waals surface area contributed by atoms with Crippen molar-refractivity contribution in [1.82, 2.24) is 20.0 Å². The SMILES string of the molecule is O=C(O)Cn1nccc1C(=O)NCCCN1CCOCC1. The second-order valence-electron chi connectivity index (χ2n) is 4.83. The van der Waals surface area contributed by atoms with Crippen molar-refractivity contribution in [1.29, 1.82) is 0 Å². The number of hydrogen-bond acceptors (Lipinski definition) is 5. The highest BCUT2D eigenvalue weighted by molar-refractivity contribution is 5.92. The zero-order chi connectivity index (χ0) is 15.1. The van der Waals surface area contributed by atoms with E-state index in [1.165, 1.54) is 16.9 Å². The number of rotatable bonds is 7. The molecule has 8 heteroatoms. The molecule has 2 N–H and O–H groups in total. The van der Waals surface area contributed by atoms with Gasteiger partial charge in [-0.3, -0.25) is 14.5 Å². The number of carbonyl (C=O) groups is 2. The average Bonchev–Trinajstić information content (AvgIpc) is 2.92. The molecule has 1 aliphatic heterocycles. The zero-order valence-corrected chi connectivity index (χ0v) is 11.8. The number of ether oxygens (including phenoxy) is 1. The summed E-state index contributed by atoms with van der Waals surface area (Å²) in [7, 11) is 0. The molecule has 1 aromatic rings. The molecule has 0 radical (unpaired) electrons. The Morgan fingerprint density at radius 1 is 1.38 bits per heavy atom. The van der Waals surface area contributed by atoms with Crippen molar-refractivity contribution in [3.05, 3.63) is 18.0 Å². The number of hydrogen-bond donors (Lipinski definition) is 2. The number of amides is 1. The normalized spacial score (nSPS) is 15.8. The summed E-state index contributed by atoms with van der Waals surface area (Å²) in [6, 6.07) is 1.51. The van der Waals surface area contributed by atoms with Crippen LogP contribution in [0.15, 0.2) is 12.3 Å². The summed E-state index contributed by atoms with van der Waals surface area (Å²) in [5.41, 5.74) is 0.267. The van der Waals surface area contributed by atoms with E-state index in [9.17, 15) is 9.59 Å². The van der Waals surface area contributed by atoms with E-state index in [4.69, 9.17) is 9.84 Å². The minimum Gasteiger partial charge on any atom is -0.480 e. The Morgan fingerprint density at radius 2 is 2.14 bits per heavy atom. The standard InChI is InChI=1S/C13H20N4O4/c18-12(19)10-17-11(2-4-15-17)13(20)14-3-1-5-16-6-8-21-9-7-16/h2,4H,1,3,5-10H2,(H,14,20)(H,18,19). The minimum absolute atomic E-state index is 0.267. The van der Waals surface area contributed by atoms with E-state index >= 15 is 0 Å². The van der Waals surface area contributed by atoms with Crippen LogP contribution in [0, 0.1) is 0 Å². The lowest BCUT2D eigenvalue weighted by atomic mass is 10.3. The molecule has 1 saturated heterocycles. The van der Waals surface area contributed by atoms with E-state index in [1.807, 2.05) is 0 Å². The highest BCUT2D eigenvalue weighted by Crippen LogP contribution is 2.00. The van der Waals surface area contributed by atoms with Crippen LogP contribution in [0.2, 0.25) is 0 Å². The molecule has 0 aromatic carbocycles. The maximum absolute atomic E-state index is 12.0. The van der Waals surface area contributed by atoms with Gasteiger partial charge in [-0.25, -0.2) is 4.68 Å². The van der Waals surface area contributed by atoms with Gasteiger partial charge in [-0.05, 0) is 19.0 Å². The molecular weight excluding hydrogens is 276 g/mol. The first kappa shape index (κ1) is 15.5. The highest BCUT2D eigenvalue weighted by atomic mass is 16.5. The quantitative estimate of drug-likeness (QED) is 0.654. The van der Waals surface area contributed by atoms with E-state index in [0.717, 1.165) is 39.3 Å². The lowest BCUT2D eigenvalue weighted by molar-refractivity contribution is -0.137. The van der Waals surface area contributed by atoms with E-state index in [1.54, 1.807) is 0 Å². The summed E-state index contributed by atoms with van der Waals surface area (Å²) < 4.78 is 6.45. The van der Waals surface area contributed by atoms with Crippen LogP contribution in [0.4, 0.5) is 0 Å². The summed E-state index contributed by atoms with van der Waals surface area (Å²) in [5, 5.41) is 15.4. The van der Waals surface area contributed by atoms with Gasteiger partial charge in [0, 0.05) is 25.8 Å². The first-order valence-electron chi connectivity index (χ1n) is 6.99. The lowest BCUT2D eigenvalue weighted by Gasteiger charge is -2.26. The van der Waals surface area contributed by atoms with Crippen LogP contribution >= 0.6 is 0 Å². The van der Waals surface area contributed by atoms with Crippen LogP contribution in [0.1, 0.15) is 16.9 Å². The molecule has 1 aromatic heterocycles. The second-order valence-corrected chi connectivity index (χ2v) is 4.83. The first-order chi connectivity index (χ1) is 10.2. The van der Waals surface area contributed by atoms with Gasteiger partial charge in [0.15, 0.2) is 0 Å². The number of nitrogens with one attached hydrogen (secondary N) is 1. The van der Waals surface area contributed by atoms with Crippen molar-refractivity contribution >= 4 is 11.9 Å². The molecule has 0 unspecified atom stereocenters. The second kappa shape index (κ2) is 7.75. The number of aliphatic carboxylic acids is 1. The molecule has 1 aliphatic rings. The van der Waals surface area contributed by atoms with Crippen molar-refractivity contribution in [3.63, 3.8) is 0 Å². The first-order valence-corrected chi connectivity index (χ1v) is 6.99. The molecule has 2 rings (SSSR count). The van der Waals surface area contributed by atoms with Crippen LogP contribution in [0.3, 0.4) is 0 Å². The molecule has 2 heterocycles. The number of carbonyl (C=O) groups excluding carboxylic acids is 1. The van der Waals surface area contributed by atoms with Gasteiger partial charge in [0.05, 0.1) is 13.2 Å². The van der Waals surface area contributed by atoms with Gasteiger partial charge in [0.1, 0.15) is 12.2 Å². The molecule has 1 fully saturated rings. The largest absolute Gasteiger partial charge is 0.480 e. The van der Waals surface area contributed by atoms with Crippen molar-refractivity contribution in [2.45, 2.75) is 13.0 Å². The van der Waals surface area contributed by atoms with Crippen LogP contribution in [0.25, 0.3) is 0 Å². The van der Waals surface area contributed by atoms with Crippen molar-refractivity contribution < 1.29 is 19.4 Å². The Labute approximate surface area is 122 Å². The molecule has 0 spiro atoms. The zero-order valence-electron chi connectivity index (χ0n) is 11.8. The maximum atomic E-state index is 12.0. The monoisotopic (exact) mass is 296 g/mol. The highest BCUT2D eigenvalue weighted by Gasteiger charge is 2.14. The fourth-order valence-corrected chi connectivity index (χ4v) is 2.20. The van der Waals surface area contributed by atoms with Crippen LogP contribution in [-0.2, 0) is 16.1 Å². The maximum Gasteiger partial charge on any atom is 0.325 e. The lowest BCUT2D eigenvalue weighted by Crippen LogP contribution is -2.38. The summed E-state index contributed by atoms with van der Waals surface area (Å²) in [6.07, 6.45) is 2.27. The Morgan fingerprint density at radius 3 is 2.86 bits per heavy atom. The van der Waals surface area contributed by atoms with Gasteiger partial charge >= 0.3 is 5.97 Å². The Bertz CT molecular complexity index is 482. The van der Waals surface area contributed by atoms with Crippen LogP contribution in [0.5, 0.6) is 0 Å². The third-order valence-electron chi connectivity index (χ3n) is 3.27. The van der Waals surface area contributed by atoms with Crippen LogP contribution < -0.4 is 5.32 Å². The number of morpholine rings is 1. The summed E-state index contributed by atoms with van der Waals surface area (Å²) in [5.74, 6) is -1.32. The number of carboxylic acids is 1. The number of carboxylic acid groups (broad SMARTS) is 1. The van der Waals surface area contributed by atoms with E-state index in [0.29, 0.717) is 6.54 Å². The summed E-state index contributed by atoms with van der Waals surface area (Å²) >= 11 is 0. The molecule has 8 nitrogen and oxygen atoms in total. The molecule has 1 amide bonds. The Hall–Kier alpha value is -1.93. The van der Waals surface area contributed by atoms with Gasteiger partial charge in [0.2, 0.25) is 0 Å². The molecular formula is C13H20N4O4. The fraction of sp³-hybridized carbons (Fsp3) is 0.615. The minimum atomic E-state index is -1.03. The molecule has 0 aliphatic carbocycles. The van der Waals surface area contributed by atoms with E-state index < -0.39 is 5.97 Å².